The topological polar surface area (TPSA) is 63.8 Å². The second-order valence-corrected chi connectivity index (χ2v) is 3.64. The van der Waals surface area contributed by atoms with Crippen LogP contribution in [-0.2, 0) is 0 Å². The molecular weight excluding hydrogens is 164 g/mol. The van der Waals surface area contributed by atoms with Gasteiger partial charge in [-0.15, -0.1) is 0 Å². The van der Waals surface area contributed by atoms with Crippen molar-refractivity contribution in [3.05, 3.63) is 18.6 Å². The van der Waals surface area contributed by atoms with E-state index in [0.717, 1.165) is 12.2 Å². The molecule has 1 aromatic heterocycles. The quantitative estimate of drug-likeness (QED) is 0.726. The first-order valence-electron chi connectivity index (χ1n) is 4.38. The molecule has 3 N–H and O–H groups in total. The molecule has 0 aromatic carbocycles. The Morgan fingerprint density at radius 3 is 2.85 bits per heavy atom. The first-order valence-corrected chi connectivity index (χ1v) is 4.38. The summed E-state index contributed by atoms with van der Waals surface area (Å²) >= 11 is 0. The molecule has 0 saturated heterocycles. The molecule has 0 spiro atoms. The number of hydrogen-bond acceptors (Lipinski definition) is 4. The molecule has 4 nitrogen and oxygen atoms in total. The van der Waals surface area contributed by atoms with Crippen LogP contribution in [0.25, 0.3) is 0 Å². The Bertz CT molecular complexity index is 245. The van der Waals surface area contributed by atoms with Crippen LogP contribution in [0, 0.1) is 0 Å². The van der Waals surface area contributed by atoms with E-state index >= 15 is 0 Å². The van der Waals surface area contributed by atoms with E-state index in [-0.39, 0.29) is 5.54 Å². The Kier molecular flexibility index (Phi) is 3.19. The normalized spacial score (nSPS) is 11.3. The van der Waals surface area contributed by atoms with Gasteiger partial charge in [0.1, 0.15) is 12.1 Å². The summed E-state index contributed by atoms with van der Waals surface area (Å²) in [6, 6.07) is 1.85. The highest BCUT2D eigenvalue weighted by Gasteiger charge is 2.15. The number of nitrogens with one attached hydrogen (secondary N) is 1. The third kappa shape index (κ3) is 3.38. The van der Waals surface area contributed by atoms with Gasteiger partial charge in [-0.3, -0.25) is 0 Å². The summed E-state index contributed by atoms with van der Waals surface area (Å²) in [7, 11) is 0. The van der Waals surface area contributed by atoms with Crippen molar-refractivity contribution in [3.63, 3.8) is 0 Å². The van der Waals surface area contributed by atoms with Crippen molar-refractivity contribution in [3.8, 4) is 0 Å². The molecule has 13 heavy (non-hydrogen) atoms. The molecule has 0 bridgehead atoms. The summed E-state index contributed by atoms with van der Waals surface area (Å²) in [5.41, 5.74) is 5.48. The molecule has 0 aliphatic rings. The van der Waals surface area contributed by atoms with Crippen LogP contribution in [0.5, 0.6) is 0 Å². The van der Waals surface area contributed by atoms with Crippen molar-refractivity contribution in [1.82, 2.24) is 9.97 Å². The molecule has 0 fully saturated rings. The van der Waals surface area contributed by atoms with Crippen molar-refractivity contribution in [2.24, 2.45) is 5.73 Å². The number of anilines is 1. The van der Waals surface area contributed by atoms with E-state index in [1.54, 1.807) is 6.20 Å². The SMILES string of the molecule is CC(C)(CCN)Nc1ccncn1. The Labute approximate surface area is 78.6 Å². The summed E-state index contributed by atoms with van der Waals surface area (Å²) in [5, 5.41) is 3.29. The van der Waals surface area contributed by atoms with Gasteiger partial charge in [-0.1, -0.05) is 0 Å². The van der Waals surface area contributed by atoms with Gasteiger partial charge in [0.25, 0.3) is 0 Å². The lowest BCUT2D eigenvalue weighted by molar-refractivity contribution is 0.524. The maximum Gasteiger partial charge on any atom is 0.129 e. The van der Waals surface area contributed by atoms with E-state index in [1.165, 1.54) is 6.33 Å². The van der Waals surface area contributed by atoms with Crippen LogP contribution in [0.2, 0.25) is 0 Å². The largest absolute Gasteiger partial charge is 0.365 e. The summed E-state index contributed by atoms with van der Waals surface area (Å²) in [4.78, 5) is 7.93. The van der Waals surface area contributed by atoms with E-state index in [0.29, 0.717) is 6.54 Å². The highest BCUT2D eigenvalue weighted by Crippen LogP contribution is 2.14. The van der Waals surface area contributed by atoms with E-state index in [4.69, 9.17) is 5.73 Å². The Morgan fingerprint density at radius 2 is 2.31 bits per heavy atom. The van der Waals surface area contributed by atoms with Gasteiger partial charge in [-0.2, -0.15) is 0 Å². The predicted molar refractivity (Wildman–Crippen MR) is 53.4 cm³/mol. The minimum absolute atomic E-state index is 0.0108. The fourth-order valence-electron chi connectivity index (χ4n) is 1.13. The maximum absolute atomic E-state index is 5.50. The van der Waals surface area contributed by atoms with Gasteiger partial charge >= 0.3 is 0 Å². The first-order chi connectivity index (χ1) is 6.14. The average molecular weight is 180 g/mol. The van der Waals surface area contributed by atoms with Crippen LogP contribution in [0.4, 0.5) is 5.82 Å². The lowest BCUT2D eigenvalue weighted by Gasteiger charge is -2.25. The van der Waals surface area contributed by atoms with E-state index in [1.807, 2.05) is 6.07 Å². The van der Waals surface area contributed by atoms with E-state index < -0.39 is 0 Å². The number of aromatic nitrogens is 2. The van der Waals surface area contributed by atoms with Crippen LogP contribution < -0.4 is 11.1 Å². The highest BCUT2D eigenvalue weighted by atomic mass is 15.1. The Hall–Kier alpha value is -1.16. The number of rotatable bonds is 4. The van der Waals surface area contributed by atoms with Crippen molar-refractivity contribution in [2.75, 3.05) is 11.9 Å². The fraction of sp³-hybridized carbons (Fsp3) is 0.556. The van der Waals surface area contributed by atoms with Gasteiger partial charge in [0.05, 0.1) is 0 Å². The summed E-state index contributed by atoms with van der Waals surface area (Å²) < 4.78 is 0. The fourth-order valence-corrected chi connectivity index (χ4v) is 1.13. The molecular formula is C9H16N4. The molecule has 0 radical (unpaired) electrons. The third-order valence-corrected chi connectivity index (χ3v) is 1.82. The molecule has 0 amide bonds. The lowest BCUT2D eigenvalue weighted by atomic mass is 10.0. The smallest absolute Gasteiger partial charge is 0.129 e. The van der Waals surface area contributed by atoms with Gasteiger partial charge in [0.2, 0.25) is 0 Å². The summed E-state index contributed by atoms with van der Waals surface area (Å²) in [6.45, 7) is 4.87. The second kappa shape index (κ2) is 4.18. The number of nitrogens with two attached hydrogens (primary N) is 1. The Morgan fingerprint density at radius 1 is 1.54 bits per heavy atom. The zero-order valence-corrected chi connectivity index (χ0v) is 8.12. The highest BCUT2D eigenvalue weighted by molar-refractivity contribution is 5.34. The number of nitrogens with zero attached hydrogens (tertiary/aromatic N) is 2. The van der Waals surface area contributed by atoms with Crippen LogP contribution in [-0.4, -0.2) is 22.1 Å². The molecule has 0 unspecified atom stereocenters. The van der Waals surface area contributed by atoms with Gasteiger partial charge in [-0.25, -0.2) is 9.97 Å². The minimum atomic E-state index is -0.0108. The molecule has 4 heteroatoms. The lowest BCUT2D eigenvalue weighted by Crippen LogP contribution is -2.33. The van der Waals surface area contributed by atoms with E-state index in [9.17, 15) is 0 Å². The monoisotopic (exact) mass is 180 g/mol. The first kappa shape index (κ1) is 9.92. The molecule has 1 aromatic rings. The average Bonchev–Trinajstić information content (AvgIpc) is 2.04. The van der Waals surface area contributed by atoms with Crippen LogP contribution >= 0.6 is 0 Å². The van der Waals surface area contributed by atoms with Gasteiger partial charge < -0.3 is 11.1 Å². The van der Waals surface area contributed by atoms with Gasteiger partial charge in [-0.05, 0) is 32.9 Å². The van der Waals surface area contributed by atoms with Crippen LogP contribution in [0.15, 0.2) is 18.6 Å². The Balaban J connectivity index is 2.58. The standard InChI is InChI=1S/C9H16N4/c1-9(2,4-5-10)13-8-3-6-11-7-12-8/h3,6-7H,4-5,10H2,1-2H3,(H,11,12,13). The van der Waals surface area contributed by atoms with Gasteiger partial charge in [0, 0.05) is 11.7 Å². The van der Waals surface area contributed by atoms with Crippen molar-refractivity contribution >= 4 is 5.82 Å². The van der Waals surface area contributed by atoms with Crippen molar-refractivity contribution < 1.29 is 0 Å². The minimum Gasteiger partial charge on any atom is -0.365 e. The molecule has 0 atom stereocenters. The van der Waals surface area contributed by atoms with Crippen molar-refractivity contribution in [2.45, 2.75) is 25.8 Å². The predicted octanol–water partition coefficient (Wildman–Crippen LogP) is 1.02. The van der Waals surface area contributed by atoms with Crippen LogP contribution in [0.3, 0.4) is 0 Å². The number of hydrogen-bond donors (Lipinski definition) is 2. The van der Waals surface area contributed by atoms with Crippen molar-refractivity contribution in [1.29, 1.82) is 0 Å². The summed E-state index contributed by atoms with van der Waals surface area (Å²) in [5.74, 6) is 0.841. The molecule has 72 valence electrons. The molecule has 0 saturated carbocycles. The zero-order valence-electron chi connectivity index (χ0n) is 8.12. The molecule has 1 rings (SSSR count). The maximum atomic E-state index is 5.50. The van der Waals surface area contributed by atoms with Gasteiger partial charge in [0.15, 0.2) is 0 Å². The van der Waals surface area contributed by atoms with E-state index in [2.05, 4.69) is 29.1 Å². The second-order valence-electron chi connectivity index (χ2n) is 3.64. The third-order valence-electron chi connectivity index (χ3n) is 1.82. The summed E-state index contributed by atoms with van der Waals surface area (Å²) in [6.07, 6.45) is 4.16. The molecule has 1 heterocycles. The molecule has 0 aliphatic heterocycles. The van der Waals surface area contributed by atoms with Crippen LogP contribution in [0.1, 0.15) is 20.3 Å². The zero-order chi connectivity index (χ0) is 9.73. The molecule has 0 aliphatic carbocycles.